The van der Waals surface area contributed by atoms with Crippen LogP contribution in [-0.4, -0.2) is 55.6 Å². The van der Waals surface area contributed by atoms with E-state index in [1.165, 1.54) is 19.2 Å². The van der Waals surface area contributed by atoms with Crippen molar-refractivity contribution in [1.82, 2.24) is 5.01 Å². The van der Waals surface area contributed by atoms with Gasteiger partial charge in [-0.15, -0.1) is 0 Å². The van der Waals surface area contributed by atoms with E-state index in [-0.39, 0.29) is 6.54 Å². The minimum absolute atomic E-state index is 0.235. The number of nitrogens with one attached hydrogen (secondary N) is 1. The quantitative estimate of drug-likeness (QED) is 0.726. The number of hydrogen-bond donors (Lipinski definition) is 1. The Morgan fingerprint density at radius 1 is 1.03 bits per heavy atom. The Morgan fingerprint density at radius 3 is 2.47 bits per heavy atom. The van der Waals surface area contributed by atoms with Crippen LogP contribution in [0.5, 0.6) is 11.5 Å². The summed E-state index contributed by atoms with van der Waals surface area (Å²) in [5.41, 5.74) is 0.955. The fourth-order valence-corrected chi connectivity index (χ4v) is 3.45. The fraction of sp³-hybridized carbons (Fsp3) is 0.250. The van der Waals surface area contributed by atoms with E-state index in [9.17, 15) is 14.4 Å². The largest absolute Gasteiger partial charge is 0.493 e. The standard InChI is InChI=1S/C20H19N5O5/c1-29-14-9-8-12(10-15(14)30-2)21-16(26)11-24-18-17(22-23-24)19(27)25(20(18)28)13-6-4-3-5-7-13/h3-10,17-18H,11H2,1-2H3,(H,21,26)/t17-,18+/m0/s1. The molecule has 1 N–H and O–H groups in total. The summed E-state index contributed by atoms with van der Waals surface area (Å²) in [5.74, 6) is -0.336. The number of carbonyl (C=O) groups is 3. The van der Waals surface area contributed by atoms with Crippen LogP contribution in [0.4, 0.5) is 11.4 Å². The summed E-state index contributed by atoms with van der Waals surface area (Å²) in [6.07, 6.45) is 0. The Bertz CT molecular complexity index is 1030. The second-order valence-corrected chi connectivity index (χ2v) is 6.66. The van der Waals surface area contributed by atoms with E-state index in [1.807, 2.05) is 0 Å². The number of imide groups is 1. The fourth-order valence-electron chi connectivity index (χ4n) is 3.45. The van der Waals surface area contributed by atoms with Crippen molar-refractivity contribution in [3.63, 3.8) is 0 Å². The number of methoxy groups -OCH3 is 2. The van der Waals surface area contributed by atoms with Crippen LogP contribution in [0, 0.1) is 0 Å². The number of benzene rings is 2. The van der Waals surface area contributed by atoms with Crippen LogP contribution in [0.1, 0.15) is 0 Å². The Balaban J connectivity index is 1.46. The number of carbonyl (C=O) groups excluding carboxylic acids is 3. The van der Waals surface area contributed by atoms with E-state index in [2.05, 4.69) is 15.7 Å². The topological polar surface area (TPSA) is 113 Å². The highest BCUT2D eigenvalue weighted by Gasteiger charge is 2.55. The molecular weight excluding hydrogens is 390 g/mol. The zero-order valence-electron chi connectivity index (χ0n) is 16.3. The number of amides is 3. The van der Waals surface area contributed by atoms with Gasteiger partial charge in [-0.25, -0.2) is 4.90 Å². The van der Waals surface area contributed by atoms with E-state index >= 15 is 0 Å². The molecule has 1 saturated heterocycles. The summed E-state index contributed by atoms with van der Waals surface area (Å²) in [5, 5.41) is 11.8. The lowest BCUT2D eigenvalue weighted by Gasteiger charge is -2.20. The van der Waals surface area contributed by atoms with Gasteiger partial charge in [0.25, 0.3) is 11.8 Å². The highest BCUT2D eigenvalue weighted by molar-refractivity contribution is 6.25. The van der Waals surface area contributed by atoms with Gasteiger partial charge in [0.1, 0.15) is 6.54 Å². The van der Waals surface area contributed by atoms with Crippen LogP contribution in [0.25, 0.3) is 0 Å². The first-order valence-electron chi connectivity index (χ1n) is 9.15. The Labute approximate surface area is 172 Å². The predicted octanol–water partition coefficient (Wildman–Crippen LogP) is 1.64. The van der Waals surface area contributed by atoms with Gasteiger partial charge in [-0.1, -0.05) is 23.4 Å². The van der Waals surface area contributed by atoms with Gasteiger partial charge in [0.2, 0.25) is 5.91 Å². The number of nitrogens with zero attached hydrogens (tertiary/aromatic N) is 4. The number of hydrogen-bond acceptors (Lipinski definition) is 8. The molecule has 2 atom stereocenters. The molecule has 30 heavy (non-hydrogen) atoms. The van der Waals surface area contributed by atoms with Gasteiger partial charge >= 0.3 is 0 Å². The average Bonchev–Trinajstić information content (AvgIpc) is 3.28. The molecule has 0 unspecified atom stereocenters. The van der Waals surface area contributed by atoms with Gasteiger partial charge in [0.05, 0.1) is 19.9 Å². The molecule has 4 rings (SSSR count). The summed E-state index contributed by atoms with van der Waals surface area (Å²) in [7, 11) is 3.01. The molecule has 0 bridgehead atoms. The first kappa shape index (κ1) is 19.4. The molecule has 2 aliphatic rings. The third-order valence-electron chi connectivity index (χ3n) is 4.85. The maximum Gasteiger partial charge on any atom is 0.263 e. The lowest BCUT2D eigenvalue weighted by molar-refractivity contribution is -0.123. The molecule has 0 spiro atoms. The van der Waals surface area contributed by atoms with Crippen molar-refractivity contribution in [2.45, 2.75) is 12.1 Å². The van der Waals surface area contributed by atoms with Crippen molar-refractivity contribution in [2.24, 2.45) is 10.3 Å². The summed E-state index contributed by atoms with van der Waals surface area (Å²) in [6, 6.07) is 11.7. The number of rotatable bonds is 6. The molecule has 0 radical (unpaired) electrons. The average molecular weight is 409 g/mol. The molecular formula is C20H19N5O5. The molecule has 0 aromatic heterocycles. The van der Waals surface area contributed by atoms with Crippen LogP contribution >= 0.6 is 0 Å². The van der Waals surface area contributed by atoms with Crippen molar-refractivity contribution in [3.8, 4) is 11.5 Å². The molecule has 2 aliphatic heterocycles. The minimum atomic E-state index is -0.952. The molecule has 10 heteroatoms. The summed E-state index contributed by atoms with van der Waals surface area (Å²) in [6.45, 7) is -0.235. The van der Waals surface area contributed by atoms with Crippen LogP contribution in [0.3, 0.4) is 0 Å². The summed E-state index contributed by atoms with van der Waals surface area (Å²) >= 11 is 0. The third kappa shape index (κ3) is 3.32. The first-order valence-corrected chi connectivity index (χ1v) is 9.15. The highest BCUT2D eigenvalue weighted by atomic mass is 16.5. The monoisotopic (exact) mass is 409 g/mol. The summed E-state index contributed by atoms with van der Waals surface area (Å²) in [4.78, 5) is 39.1. The molecule has 1 fully saturated rings. The number of para-hydroxylation sites is 1. The molecule has 10 nitrogen and oxygen atoms in total. The molecule has 2 aromatic rings. The van der Waals surface area contributed by atoms with Crippen LogP contribution in [-0.2, 0) is 14.4 Å². The lowest BCUT2D eigenvalue weighted by atomic mass is 10.1. The molecule has 3 amide bonds. The van der Waals surface area contributed by atoms with Crippen molar-refractivity contribution in [2.75, 3.05) is 31.0 Å². The van der Waals surface area contributed by atoms with E-state index in [0.717, 1.165) is 4.90 Å². The summed E-state index contributed by atoms with van der Waals surface area (Å²) < 4.78 is 10.4. The second kappa shape index (κ2) is 7.82. The first-order chi connectivity index (χ1) is 14.5. The van der Waals surface area contributed by atoms with Crippen molar-refractivity contribution >= 4 is 29.1 Å². The van der Waals surface area contributed by atoms with Gasteiger partial charge in [-0.2, -0.15) is 5.11 Å². The Hall–Kier alpha value is -3.95. The molecule has 154 valence electrons. The number of anilines is 2. The van der Waals surface area contributed by atoms with Crippen molar-refractivity contribution in [3.05, 3.63) is 48.5 Å². The van der Waals surface area contributed by atoms with Gasteiger partial charge in [0, 0.05) is 11.8 Å². The van der Waals surface area contributed by atoms with E-state index < -0.39 is 29.8 Å². The SMILES string of the molecule is COc1ccc(NC(=O)CN2N=N[C@@H]3C(=O)N(c4ccccc4)C(=O)[C@@H]32)cc1OC. The van der Waals surface area contributed by atoms with Gasteiger partial charge in [-0.05, 0) is 24.3 Å². The van der Waals surface area contributed by atoms with E-state index in [0.29, 0.717) is 22.9 Å². The molecule has 0 saturated carbocycles. The van der Waals surface area contributed by atoms with Crippen LogP contribution < -0.4 is 19.7 Å². The van der Waals surface area contributed by atoms with Crippen molar-refractivity contribution in [1.29, 1.82) is 0 Å². The lowest BCUT2D eigenvalue weighted by Crippen LogP contribution is -2.43. The minimum Gasteiger partial charge on any atom is -0.493 e. The maximum atomic E-state index is 12.9. The van der Waals surface area contributed by atoms with Crippen LogP contribution in [0.2, 0.25) is 0 Å². The zero-order valence-corrected chi connectivity index (χ0v) is 16.3. The van der Waals surface area contributed by atoms with Gasteiger partial charge in [0.15, 0.2) is 23.6 Å². The van der Waals surface area contributed by atoms with Gasteiger partial charge in [-0.3, -0.25) is 19.4 Å². The predicted molar refractivity (Wildman–Crippen MR) is 106 cm³/mol. The number of ether oxygens (including phenoxy) is 2. The molecule has 2 heterocycles. The second-order valence-electron chi connectivity index (χ2n) is 6.66. The third-order valence-corrected chi connectivity index (χ3v) is 4.85. The Morgan fingerprint density at radius 2 is 1.77 bits per heavy atom. The number of fused-ring (bicyclic) bond motifs is 1. The van der Waals surface area contributed by atoms with Gasteiger partial charge < -0.3 is 14.8 Å². The highest BCUT2D eigenvalue weighted by Crippen LogP contribution is 2.32. The van der Waals surface area contributed by atoms with Crippen LogP contribution in [0.15, 0.2) is 58.9 Å². The van der Waals surface area contributed by atoms with E-state index in [1.54, 1.807) is 48.5 Å². The maximum absolute atomic E-state index is 12.9. The Kier molecular flexibility index (Phi) is 5.05. The normalized spacial score (nSPS) is 19.8. The zero-order chi connectivity index (χ0) is 21.3. The van der Waals surface area contributed by atoms with Crippen molar-refractivity contribution < 1.29 is 23.9 Å². The van der Waals surface area contributed by atoms with E-state index in [4.69, 9.17) is 9.47 Å². The molecule has 0 aliphatic carbocycles. The smallest absolute Gasteiger partial charge is 0.263 e. The molecule has 2 aromatic carbocycles.